The van der Waals surface area contributed by atoms with Crippen LogP contribution in [-0.4, -0.2) is 40.3 Å². The van der Waals surface area contributed by atoms with Gasteiger partial charge in [-0.3, -0.25) is 0 Å². The summed E-state index contributed by atoms with van der Waals surface area (Å²) in [5, 5.41) is 12.8. The fourth-order valence-electron chi connectivity index (χ4n) is 4.65. The molecule has 5 nitrogen and oxygen atoms in total. The van der Waals surface area contributed by atoms with E-state index in [1.165, 1.54) is 0 Å². The van der Waals surface area contributed by atoms with Crippen LogP contribution >= 0.6 is 11.6 Å². The zero-order valence-electron chi connectivity index (χ0n) is 18.1. The lowest BCUT2D eigenvalue weighted by Gasteiger charge is -2.35. The van der Waals surface area contributed by atoms with E-state index < -0.39 is 12.2 Å². The standard InChI is InChI=1S/C27H25ClN2O3/c28-20-11-12-21-23(15-20)29-26(19-9-5-2-6-10-19)25(21)22-13-14-30(16-24(22)31)27(32)33-17-18-7-3-1-4-8-18/h1-12,15,22,24,29,31H,13-14,16-17H2/t22-,24-/m1/s1. The average molecular weight is 461 g/mol. The lowest BCUT2D eigenvalue weighted by atomic mass is 9.84. The highest BCUT2D eigenvalue weighted by Crippen LogP contribution is 2.41. The van der Waals surface area contributed by atoms with E-state index in [-0.39, 0.29) is 19.1 Å². The number of rotatable bonds is 4. The zero-order chi connectivity index (χ0) is 22.8. The van der Waals surface area contributed by atoms with Crippen molar-refractivity contribution >= 4 is 28.6 Å². The number of nitrogens with zero attached hydrogens (tertiary/aromatic N) is 1. The summed E-state index contributed by atoms with van der Waals surface area (Å²) in [7, 11) is 0. The lowest BCUT2D eigenvalue weighted by Crippen LogP contribution is -2.46. The maximum atomic E-state index is 12.6. The second-order valence-electron chi connectivity index (χ2n) is 8.42. The molecule has 1 saturated heterocycles. The number of nitrogens with one attached hydrogen (secondary N) is 1. The van der Waals surface area contributed by atoms with Crippen LogP contribution < -0.4 is 0 Å². The van der Waals surface area contributed by atoms with E-state index in [0.29, 0.717) is 18.0 Å². The molecule has 0 unspecified atom stereocenters. The largest absolute Gasteiger partial charge is 0.445 e. The molecule has 6 heteroatoms. The van der Waals surface area contributed by atoms with Crippen LogP contribution in [0.25, 0.3) is 22.2 Å². The third-order valence-electron chi connectivity index (χ3n) is 6.28. The summed E-state index contributed by atoms with van der Waals surface area (Å²) >= 11 is 6.24. The number of aliphatic hydroxyl groups excluding tert-OH is 1. The van der Waals surface area contributed by atoms with Crippen molar-refractivity contribution < 1.29 is 14.6 Å². The van der Waals surface area contributed by atoms with Gasteiger partial charge in [0.05, 0.1) is 18.3 Å². The van der Waals surface area contributed by atoms with Gasteiger partial charge in [0.25, 0.3) is 0 Å². The average Bonchev–Trinajstić information content (AvgIpc) is 3.22. The molecule has 1 aromatic heterocycles. The van der Waals surface area contributed by atoms with Crippen LogP contribution in [-0.2, 0) is 11.3 Å². The highest BCUT2D eigenvalue weighted by atomic mass is 35.5. The summed E-state index contributed by atoms with van der Waals surface area (Å²) in [6, 6.07) is 25.5. The molecule has 0 aliphatic carbocycles. The number of aromatic amines is 1. The summed E-state index contributed by atoms with van der Waals surface area (Å²) in [5.74, 6) is -0.117. The van der Waals surface area contributed by atoms with Crippen molar-refractivity contribution in [3.05, 3.63) is 95.0 Å². The van der Waals surface area contributed by atoms with Crippen LogP contribution in [0.1, 0.15) is 23.5 Å². The Balaban J connectivity index is 1.38. The molecule has 0 spiro atoms. The van der Waals surface area contributed by atoms with E-state index >= 15 is 0 Å². The number of ether oxygens (including phenoxy) is 1. The molecule has 0 saturated carbocycles. The number of carbonyl (C=O) groups excluding carboxylic acids is 1. The van der Waals surface area contributed by atoms with Gasteiger partial charge in [-0.15, -0.1) is 0 Å². The molecule has 5 rings (SSSR count). The first-order chi connectivity index (χ1) is 16.1. The minimum atomic E-state index is -0.708. The number of H-pyrrole nitrogens is 1. The summed E-state index contributed by atoms with van der Waals surface area (Å²) in [6.07, 6.45) is -0.470. The third-order valence-corrected chi connectivity index (χ3v) is 6.51. The molecule has 0 bridgehead atoms. The molecule has 1 fully saturated rings. The SMILES string of the molecule is O=C(OCc1ccccc1)N1CC[C@@H](c2c(-c3ccccc3)[nH]c3cc(Cl)ccc23)[C@H](O)C1. The van der Waals surface area contributed by atoms with Crippen molar-refractivity contribution in [1.82, 2.24) is 9.88 Å². The maximum Gasteiger partial charge on any atom is 0.410 e. The van der Waals surface area contributed by atoms with Gasteiger partial charge in [0.15, 0.2) is 0 Å². The summed E-state index contributed by atoms with van der Waals surface area (Å²) in [5.41, 5.74) is 4.98. The maximum absolute atomic E-state index is 12.6. The highest BCUT2D eigenvalue weighted by molar-refractivity contribution is 6.31. The molecular formula is C27H25ClN2O3. The second-order valence-corrected chi connectivity index (χ2v) is 8.85. The minimum absolute atomic E-state index is 0.117. The number of benzene rings is 3. The fourth-order valence-corrected chi connectivity index (χ4v) is 4.83. The lowest BCUT2D eigenvalue weighted by molar-refractivity contribution is 0.0348. The van der Waals surface area contributed by atoms with Gasteiger partial charge in [-0.1, -0.05) is 78.3 Å². The normalized spacial score (nSPS) is 18.4. The number of aliphatic hydroxyl groups is 1. The molecule has 1 amide bonds. The molecule has 1 aliphatic heterocycles. The monoisotopic (exact) mass is 460 g/mol. The van der Waals surface area contributed by atoms with Crippen LogP contribution in [0, 0.1) is 0 Å². The zero-order valence-corrected chi connectivity index (χ0v) is 18.8. The quantitative estimate of drug-likeness (QED) is 0.394. The topological polar surface area (TPSA) is 65.6 Å². The van der Waals surface area contributed by atoms with Gasteiger partial charge in [-0.05, 0) is 35.2 Å². The first-order valence-corrected chi connectivity index (χ1v) is 11.5. The minimum Gasteiger partial charge on any atom is -0.445 e. The summed E-state index contributed by atoms with van der Waals surface area (Å²) < 4.78 is 5.47. The van der Waals surface area contributed by atoms with Gasteiger partial charge in [-0.2, -0.15) is 0 Å². The van der Waals surface area contributed by atoms with Gasteiger partial charge >= 0.3 is 6.09 Å². The number of hydrogen-bond donors (Lipinski definition) is 2. The molecule has 2 N–H and O–H groups in total. The molecule has 0 radical (unpaired) electrons. The third kappa shape index (κ3) is 4.47. The van der Waals surface area contributed by atoms with Crippen molar-refractivity contribution in [3.63, 3.8) is 0 Å². The molecule has 4 aromatic rings. The number of hydrogen-bond acceptors (Lipinski definition) is 3. The van der Waals surface area contributed by atoms with Gasteiger partial charge < -0.3 is 19.7 Å². The van der Waals surface area contributed by atoms with Crippen molar-refractivity contribution in [2.45, 2.75) is 25.0 Å². The number of amides is 1. The van der Waals surface area contributed by atoms with Crippen molar-refractivity contribution in [2.24, 2.45) is 0 Å². The smallest absolute Gasteiger partial charge is 0.410 e. The van der Waals surface area contributed by atoms with Crippen molar-refractivity contribution in [1.29, 1.82) is 0 Å². The van der Waals surface area contributed by atoms with Crippen LogP contribution in [0.4, 0.5) is 4.79 Å². The van der Waals surface area contributed by atoms with Crippen molar-refractivity contribution in [2.75, 3.05) is 13.1 Å². The molecule has 2 heterocycles. The van der Waals surface area contributed by atoms with E-state index in [2.05, 4.69) is 17.1 Å². The van der Waals surface area contributed by atoms with Gasteiger partial charge in [0.2, 0.25) is 0 Å². The molecular weight excluding hydrogens is 436 g/mol. The van der Waals surface area contributed by atoms with E-state index in [1.54, 1.807) is 4.90 Å². The molecule has 2 atom stereocenters. The molecule has 168 valence electrons. The number of piperidine rings is 1. The molecule has 3 aromatic carbocycles. The Bertz CT molecular complexity index is 1260. The number of aromatic nitrogens is 1. The Kier molecular flexibility index (Phi) is 6.07. The Morgan fingerprint density at radius 2 is 1.79 bits per heavy atom. The fraction of sp³-hybridized carbons (Fsp3) is 0.222. The first kappa shape index (κ1) is 21.6. The predicted molar refractivity (Wildman–Crippen MR) is 130 cm³/mol. The van der Waals surface area contributed by atoms with Crippen LogP contribution in [0.15, 0.2) is 78.9 Å². The highest BCUT2D eigenvalue weighted by Gasteiger charge is 2.35. The van der Waals surface area contributed by atoms with E-state index in [4.69, 9.17) is 16.3 Å². The summed E-state index contributed by atoms with van der Waals surface area (Å²) in [4.78, 5) is 17.7. The number of likely N-dealkylation sites (tertiary alicyclic amines) is 1. The summed E-state index contributed by atoms with van der Waals surface area (Å²) in [6.45, 7) is 0.966. The van der Waals surface area contributed by atoms with Gasteiger partial charge in [-0.25, -0.2) is 4.79 Å². The Morgan fingerprint density at radius 1 is 1.06 bits per heavy atom. The van der Waals surface area contributed by atoms with E-state index in [9.17, 15) is 9.90 Å². The van der Waals surface area contributed by atoms with E-state index in [0.717, 1.165) is 33.3 Å². The number of β-amino-alcohol motifs (C(OH)–C–C–N with tert-alkyl or cyclic N) is 1. The van der Waals surface area contributed by atoms with Crippen LogP contribution in [0.3, 0.4) is 0 Å². The van der Waals surface area contributed by atoms with Gasteiger partial charge in [0, 0.05) is 28.4 Å². The predicted octanol–water partition coefficient (Wildman–Crippen LogP) is 5.98. The van der Waals surface area contributed by atoms with Crippen molar-refractivity contribution in [3.8, 4) is 11.3 Å². The first-order valence-electron chi connectivity index (χ1n) is 11.1. The Labute approximate surface area is 197 Å². The van der Waals surface area contributed by atoms with Gasteiger partial charge in [0.1, 0.15) is 6.61 Å². The van der Waals surface area contributed by atoms with Crippen LogP contribution in [0.2, 0.25) is 5.02 Å². The molecule has 1 aliphatic rings. The number of halogens is 1. The molecule has 33 heavy (non-hydrogen) atoms. The number of fused-ring (bicyclic) bond motifs is 1. The van der Waals surface area contributed by atoms with Crippen LogP contribution in [0.5, 0.6) is 0 Å². The Hall–Kier alpha value is -3.28. The number of carbonyl (C=O) groups is 1. The van der Waals surface area contributed by atoms with E-state index in [1.807, 2.05) is 66.7 Å². The second kappa shape index (κ2) is 9.30. The Morgan fingerprint density at radius 3 is 2.52 bits per heavy atom.